The van der Waals surface area contributed by atoms with E-state index in [0.717, 1.165) is 22.7 Å². The number of aryl methyl sites for hydroxylation is 2. The Morgan fingerprint density at radius 1 is 0.500 bits per heavy atom. The maximum atomic E-state index is 4.49. The molecule has 2 heterocycles. The summed E-state index contributed by atoms with van der Waals surface area (Å²) in [7, 11) is 0. The Labute approximate surface area is 292 Å². The Morgan fingerprint density at radius 3 is 2.04 bits per heavy atom. The van der Waals surface area contributed by atoms with Gasteiger partial charge in [0.25, 0.3) is 0 Å². The average Bonchev–Trinajstić information content (AvgIpc) is 3.50. The lowest BCUT2D eigenvalue weighted by atomic mass is 9.89. The quantitative estimate of drug-likeness (QED) is 0.180. The van der Waals surface area contributed by atoms with E-state index in [0.29, 0.717) is 0 Å². The smallest absolute Gasteiger partial charge is 0.0645 e. The van der Waals surface area contributed by atoms with Crippen molar-refractivity contribution < 1.29 is 0 Å². The fourth-order valence-electron chi connectivity index (χ4n) is 7.60. The van der Waals surface area contributed by atoms with Crippen LogP contribution in [0.15, 0.2) is 176 Å². The SMILES string of the molecule is Cc1ccccc1-c1c(C)cccc1-c1ccc2c3ccccc3n(-c3ccc(N(c4cccnc4)c4cccc5ccccc45)cc3)c2c1. The number of anilines is 3. The Kier molecular flexibility index (Phi) is 7.25. The molecule has 238 valence electrons. The molecular formula is C47H35N3. The second-order valence-electron chi connectivity index (χ2n) is 13.0. The lowest BCUT2D eigenvalue weighted by molar-refractivity contribution is 1.17. The molecule has 7 aromatic carbocycles. The van der Waals surface area contributed by atoms with Gasteiger partial charge >= 0.3 is 0 Å². The summed E-state index contributed by atoms with van der Waals surface area (Å²) in [6.07, 6.45) is 3.76. The Hall–Kier alpha value is -6.45. The predicted octanol–water partition coefficient (Wildman–Crippen LogP) is 12.8. The molecule has 2 aromatic heterocycles. The number of fused-ring (bicyclic) bond motifs is 4. The van der Waals surface area contributed by atoms with Gasteiger partial charge in [-0.25, -0.2) is 0 Å². The van der Waals surface area contributed by atoms with Gasteiger partial charge < -0.3 is 9.47 Å². The highest BCUT2D eigenvalue weighted by molar-refractivity contribution is 6.10. The first-order chi connectivity index (χ1) is 24.7. The third-order valence-corrected chi connectivity index (χ3v) is 9.95. The number of pyridine rings is 1. The first-order valence-corrected chi connectivity index (χ1v) is 17.1. The lowest BCUT2D eigenvalue weighted by Crippen LogP contribution is -2.10. The molecule has 0 unspecified atom stereocenters. The van der Waals surface area contributed by atoms with Gasteiger partial charge in [0.1, 0.15) is 0 Å². The minimum absolute atomic E-state index is 1.01. The number of para-hydroxylation sites is 1. The zero-order chi connectivity index (χ0) is 33.6. The van der Waals surface area contributed by atoms with Crippen molar-refractivity contribution in [3.63, 3.8) is 0 Å². The second kappa shape index (κ2) is 12.2. The number of hydrogen-bond acceptors (Lipinski definition) is 2. The summed E-state index contributed by atoms with van der Waals surface area (Å²) in [5.74, 6) is 0. The molecule has 0 aliphatic heterocycles. The van der Waals surface area contributed by atoms with Crippen molar-refractivity contribution in [3.8, 4) is 27.9 Å². The van der Waals surface area contributed by atoms with Crippen molar-refractivity contribution >= 4 is 49.6 Å². The highest BCUT2D eigenvalue weighted by Gasteiger charge is 2.19. The molecular weight excluding hydrogens is 607 g/mol. The summed E-state index contributed by atoms with van der Waals surface area (Å²) in [5.41, 5.74) is 14.3. The second-order valence-corrected chi connectivity index (χ2v) is 13.0. The Morgan fingerprint density at radius 2 is 1.20 bits per heavy atom. The van der Waals surface area contributed by atoms with Crippen molar-refractivity contribution in [3.05, 3.63) is 187 Å². The molecule has 0 aliphatic rings. The number of nitrogens with zero attached hydrogens (tertiary/aromatic N) is 3. The van der Waals surface area contributed by atoms with Gasteiger partial charge in [-0.05, 0) is 107 Å². The predicted molar refractivity (Wildman–Crippen MR) is 211 cm³/mol. The number of benzene rings is 7. The van der Waals surface area contributed by atoms with Crippen LogP contribution in [0.3, 0.4) is 0 Å². The van der Waals surface area contributed by atoms with Crippen LogP contribution in [-0.4, -0.2) is 9.55 Å². The van der Waals surface area contributed by atoms with E-state index in [1.54, 1.807) is 0 Å². The molecule has 0 fully saturated rings. The summed E-state index contributed by atoms with van der Waals surface area (Å²) >= 11 is 0. The van der Waals surface area contributed by atoms with Crippen molar-refractivity contribution in [2.75, 3.05) is 4.90 Å². The fourth-order valence-corrected chi connectivity index (χ4v) is 7.60. The number of rotatable bonds is 6. The van der Waals surface area contributed by atoms with Crippen LogP contribution < -0.4 is 4.90 Å². The van der Waals surface area contributed by atoms with Crippen LogP contribution in [0.1, 0.15) is 11.1 Å². The molecule has 9 rings (SSSR count). The first-order valence-electron chi connectivity index (χ1n) is 17.1. The van der Waals surface area contributed by atoms with Crippen LogP contribution in [0.2, 0.25) is 0 Å². The minimum Gasteiger partial charge on any atom is -0.309 e. The molecule has 0 bridgehead atoms. The average molecular weight is 642 g/mol. The fraction of sp³-hybridized carbons (Fsp3) is 0.0426. The van der Waals surface area contributed by atoms with Gasteiger partial charge in [0, 0.05) is 33.7 Å². The molecule has 9 aromatic rings. The van der Waals surface area contributed by atoms with Crippen LogP contribution in [0.4, 0.5) is 17.1 Å². The molecule has 0 spiro atoms. The monoisotopic (exact) mass is 641 g/mol. The third kappa shape index (κ3) is 4.94. The van der Waals surface area contributed by atoms with E-state index in [1.807, 2.05) is 18.5 Å². The standard InChI is InChI=1S/C47H35N3/c1-32-12-3-5-17-39(32)47-33(2)13-9-20-41(47)35-23-28-43-42-19-7-8-21-45(42)50(46(43)30-35)37-26-24-36(25-27-37)49(38-16-11-29-48-31-38)44-22-10-15-34-14-4-6-18-40(34)44/h3-31H,1-2H3. The van der Waals surface area contributed by atoms with Gasteiger partial charge in [0.15, 0.2) is 0 Å². The van der Waals surface area contributed by atoms with E-state index in [-0.39, 0.29) is 0 Å². The first kappa shape index (κ1) is 29.7. The Bertz CT molecular complexity index is 2660. The zero-order valence-electron chi connectivity index (χ0n) is 28.1. The van der Waals surface area contributed by atoms with Crippen LogP contribution in [-0.2, 0) is 0 Å². The zero-order valence-corrected chi connectivity index (χ0v) is 28.1. The summed E-state index contributed by atoms with van der Waals surface area (Å²) in [6, 6.07) is 59.1. The molecule has 50 heavy (non-hydrogen) atoms. The maximum absolute atomic E-state index is 4.49. The molecule has 0 saturated heterocycles. The van der Waals surface area contributed by atoms with E-state index in [4.69, 9.17) is 0 Å². The van der Waals surface area contributed by atoms with E-state index >= 15 is 0 Å². The van der Waals surface area contributed by atoms with Crippen LogP contribution >= 0.6 is 0 Å². The summed E-state index contributed by atoms with van der Waals surface area (Å²) in [4.78, 5) is 6.79. The highest BCUT2D eigenvalue weighted by Crippen LogP contribution is 2.42. The number of hydrogen-bond donors (Lipinski definition) is 0. The van der Waals surface area contributed by atoms with Gasteiger partial charge in [-0.2, -0.15) is 0 Å². The van der Waals surface area contributed by atoms with E-state index in [1.165, 1.54) is 66.0 Å². The summed E-state index contributed by atoms with van der Waals surface area (Å²) < 4.78 is 2.41. The highest BCUT2D eigenvalue weighted by atomic mass is 15.1. The topological polar surface area (TPSA) is 21.1 Å². The van der Waals surface area contributed by atoms with Crippen molar-refractivity contribution in [1.29, 1.82) is 0 Å². The molecule has 3 heteroatoms. The molecule has 0 radical (unpaired) electrons. The van der Waals surface area contributed by atoms with Crippen LogP contribution in [0, 0.1) is 13.8 Å². The Balaban J connectivity index is 1.22. The molecule has 0 N–H and O–H groups in total. The number of aromatic nitrogens is 2. The van der Waals surface area contributed by atoms with E-state index in [2.05, 4.69) is 186 Å². The van der Waals surface area contributed by atoms with Gasteiger partial charge in [-0.3, -0.25) is 4.98 Å². The molecule has 0 amide bonds. The van der Waals surface area contributed by atoms with E-state index < -0.39 is 0 Å². The van der Waals surface area contributed by atoms with Crippen molar-refractivity contribution in [1.82, 2.24) is 9.55 Å². The van der Waals surface area contributed by atoms with E-state index in [9.17, 15) is 0 Å². The summed E-state index contributed by atoms with van der Waals surface area (Å²) in [5, 5.41) is 4.88. The van der Waals surface area contributed by atoms with Gasteiger partial charge in [0.05, 0.1) is 28.6 Å². The summed E-state index contributed by atoms with van der Waals surface area (Å²) in [6.45, 7) is 4.42. The van der Waals surface area contributed by atoms with Gasteiger partial charge in [-0.1, -0.05) is 109 Å². The van der Waals surface area contributed by atoms with Crippen LogP contribution in [0.25, 0.3) is 60.5 Å². The van der Waals surface area contributed by atoms with Gasteiger partial charge in [0.2, 0.25) is 0 Å². The largest absolute Gasteiger partial charge is 0.309 e. The molecule has 0 aliphatic carbocycles. The molecule has 0 atom stereocenters. The van der Waals surface area contributed by atoms with Crippen LogP contribution in [0.5, 0.6) is 0 Å². The van der Waals surface area contributed by atoms with Gasteiger partial charge in [-0.15, -0.1) is 0 Å². The minimum atomic E-state index is 1.01. The van der Waals surface area contributed by atoms with Crippen molar-refractivity contribution in [2.24, 2.45) is 0 Å². The third-order valence-electron chi connectivity index (χ3n) is 9.95. The molecule has 3 nitrogen and oxygen atoms in total. The lowest BCUT2D eigenvalue weighted by Gasteiger charge is -2.26. The molecule has 0 saturated carbocycles. The normalized spacial score (nSPS) is 11.4. The van der Waals surface area contributed by atoms with Crippen molar-refractivity contribution in [2.45, 2.75) is 13.8 Å². The maximum Gasteiger partial charge on any atom is 0.0645 e.